The molecule has 19 heavy (non-hydrogen) atoms. The van der Waals surface area contributed by atoms with Gasteiger partial charge in [-0.15, -0.1) is 0 Å². The van der Waals surface area contributed by atoms with E-state index >= 15 is 0 Å². The van der Waals surface area contributed by atoms with Gasteiger partial charge in [0.05, 0.1) is 11.7 Å². The Morgan fingerprint density at radius 1 is 1.21 bits per heavy atom. The van der Waals surface area contributed by atoms with Crippen LogP contribution in [0.4, 0.5) is 11.4 Å². The summed E-state index contributed by atoms with van der Waals surface area (Å²) < 4.78 is 0. The van der Waals surface area contributed by atoms with Crippen LogP contribution in [0.3, 0.4) is 0 Å². The molecule has 3 nitrogen and oxygen atoms in total. The van der Waals surface area contributed by atoms with Gasteiger partial charge in [-0.25, -0.2) is 0 Å². The van der Waals surface area contributed by atoms with E-state index < -0.39 is 0 Å². The van der Waals surface area contributed by atoms with E-state index in [1.807, 2.05) is 12.3 Å². The first kappa shape index (κ1) is 12.0. The fourth-order valence-electron chi connectivity index (χ4n) is 2.63. The second kappa shape index (κ2) is 4.92. The largest absolute Gasteiger partial charge is 0.378 e. The average molecular weight is 253 g/mol. The fourth-order valence-corrected chi connectivity index (χ4v) is 2.63. The van der Waals surface area contributed by atoms with Gasteiger partial charge in [0.15, 0.2) is 0 Å². The van der Waals surface area contributed by atoms with Crippen molar-refractivity contribution < 1.29 is 0 Å². The first-order valence-corrected chi connectivity index (χ1v) is 6.72. The summed E-state index contributed by atoms with van der Waals surface area (Å²) in [5, 5.41) is 3.60. The molecule has 1 heterocycles. The molecular formula is C16H19N3. The highest BCUT2D eigenvalue weighted by molar-refractivity contribution is 5.58. The summed E-state index contributed by atoms with van der Waals surface area (Å²) in [6.45, 7) is 0. The predicted octanol–water partition coefficient (Wildman–Crippen LogP) is 3.25. The lowest BCUT2D eigenvalue weighted by atomic mass is 10.2. The topological polar surface area (TPSA) is 28.2 Å². The van der Waals surface area contributed by atoms with Crippen molar-refractivity contribution in [1.29, 1.82) is 0 Å². The van der Waals surface area contributed by atoms with Crippen LogP contribution in [-0.2, 0) is 6.42 Å². The van der Waals surface area contributed by atoms with Crippen LogP contribution in [0.15, 0.2) is 42.6 Å². The van der Waals surface area contributed by atoms with Gasteiger partial charge in [-0.1, -0.05) is 12.1 Å². The predicted molar refractivity (Wildman–Crippen MR) is 79.7 cm³/mol. The van der Waals surface area contributed by atoms with Gasteiger partial charge in [-0.2, -0.15) is 0 Å². The molecule has 1 N–H and O–H groups in total. The van der Waals surface area contributed by atoms with Crippen LogP contribution in [0.5, 0.6) is 0 Å². The maximum atomic E-state index is 4.52. The van der Waals surface area contributed by atoms with Crippen molar-refractivity contribution in [2.45, 2.75) is 18.9 Å². The van der Waals surface area contributed by atoms with Crippen LogP contribution < -0.4 is 10.2 Å². The van der Waals surface area contributed by atoms with Crippen molar-refractivity contribution in [3.05, 3.63) is 53.9 Å². The Morgan fingerprint density at radius 2 is 2.11 bits per heavy atom. The first-order chi connectivity index (χ1) is 9.24. The summed E-state index contributed by atoms with van der Waals surface area (Å²) in [5.41, 5.74) is 4.96. The second-order valence-electron chi connectivity index (χ2n) is 5.23. The van der Waals surface area contributed by atoms with E-state index in [1.54, 1.807) is 0 Å². The number of nitrogens with one attached hydrogen (secondary N) is 1. The number of fused-ring (bicyclic) bond motifs is 1. The zero-order chi connectivity index (χ0) is 13.2. The molecule has 0 spiro atoms. The summed E-state index contributed by atoms with van der Waals surface area (Å²) in [4.78, 5) is 6.64. The van der Waals surface area contributed by atoms with Gasteiger partial charge < -0.3 is 10.2 Å². The molecule has 0 aliphatic heterocycles. The molecule has 1 aliphatic carbocycles. The van der Waals surface area contributed by atoms with Crippen LogP contribution in [0.2, 0.25) is 0 Å². The highest BCUT2D eigenvalue weighted by Crippen LogP contribution is 2.32. The van der Waals surface area contributed by atoms with Crippen LogP contribution in [-0.4, -0.2) is 19.1 Å². The summed E-state index contributed by atoms with van der Waals surface area (Å²) in [6.07, 6.45) is 4.13. The highest BCUT2D eigenvalue weighted by atomic mass is 15.1. The number of pyridine rings is 1. The van der Waals surface area contributed by atoms with Gasteiger partial charge in [-0.05, 0) is 42.7 Å². The Kier molecular flexibility index (Phi) is 3.11. The molecule has 1 aromatic carbocycles. The number of hydrogen-bond acceptors (Lipinski definition) is 3. The lowest BCUT2D eigenvalue weighted by Gasteiger charge is -2.18. The third kappa shape index (κ3) is 2.41. The molecule has 3 heteroatoms. The van der Waals surface area contributed by atoms with Gasteiger partial charge in [0.2, 0.25) is 0 Å². The Bertz CT molecular complexity index is 578. The molecule has 1 unspecified atom stereocenters. The lowest BCUT2D eigenvalue weighted by Crippen LogP contribution is -2.11. The normalized spacial score (nSPS) is 17.1. The monoisotopic (exact) mass is 253 g/mol. The molecule has 0 fully saturated rings. The molecule has 2 aromatic rings. The highest BCUT2D eigenvalue weighted by Gasteiger charge is 2.23. The van der Waals surface area contributed by atoms with Gasteiger partial charge in [-0.3, -0.25) is 4.98 Å². The zero-order valence-corrected chi connectivity index (χ0v) is 11.4. The lowest BCUT2D eigenvalue weighted by molar-refractivity contribution is 0.746. The van der Waals surface area contributed by atoms with Gasteiger partial charge in [0.1, 0.15) is 0 Å². The van der Waals surface area contributed by atoms with Crippen LogP contribution in [0, 0.1) is 0 Å². The van der Waals surface area contributed by atoms with Gasteiger partial charge >= 0.3 is 0 Å². The maximum Gasteiger partial charge on any atom is 0.0691 e. The second-order valence-corrected chi connectivity index (χ2v) is 5.23. The Balaban J connectivity index is 1.81. The van der Waals surface area contributed by atoms with Gasteiger partial charge in [0, 0.05) is 31.7 Å². The van der Waals surface area contributed by atoms with E-state index in [1.165, 1.54) is 16.9 Å². The fraction of sp³-hybridized carbons (Fsp3) is 0.312. The van der Waals surface area contributed by atoms with Crippen LogP contribution >= 0.6 is 0 Å². The minimum atomic E-state index is 0.341. The number of aromatic nitrogens is 1. The van der Waals surface area contributed by atoms with Crippen molar-refractivity contribution in [3.8, 4) is 0 Å². The molecule has 0 saturated carbocycles. The third-order valence-electron chi connectivity index (χ3n) is 3.66. The van der Waals surface area contributed by atoms with Crippen molar-refractivity contribution in [1.82, 2.24) is 4.98 Å². The van der Waals surface area contributed by atoms with Crippen molar-refractivity contribution in [2.24, 2.45) is 0 Å². The summed E-state index contributed by atoms with van der Waals surface area (Å²) in [6, 6.07) is 13.1. The first-order valence-electron chi connectivity index (χ1n) is 6.72. The third-order valence-corrected chi connectivity index (χ3v) is 3.66. The van der Waals surface area contributed by atoms with Crippen molar-refractivity contribution in [2.75, 3.05) is 24.3 Å². The quantitative estimate of drug-likeness (QED) is 0.910. The molecule has 0 bridgehead atoms. The van der Waals surface area contributed by atoms with E-state index in [0.717, 1.165) is 18.5 Å². The molecule has 1 atom stereocenters. The van der Waals surface area contributed by atoms with Crippen LogP contribution in [0.1, 0.15) is 23.7 Å². The molecule has 0 radical (unpaired) electrons. The molecule has 3 rings (SSSR count). The number of rotatable bonds is 3. The van der Waals surface area contributed by atoms with Gasteiger partial charge in [0.25, 0.3) is 0 Å². The molecular weight excluding hydrogens is 234 g/mol. The van der Waals surface area contributed by atoms with E-state index in [4.69, 9.17) is 0 Å². The number of benzene rings is 1. The number of anilines is 2. The van der Waals surface area contributed by atoms with E-state index in [-0.39, 0.29) is 0 Å². The Morgan fingerprint density at radius 3 is 2.95 bits per heavy atom. The van der Waals surface area contributed by atoms with Crippen molar-refractivity contribution >= 4 is 11.4 Å². The van der Waals surface area contributed by atoms with Crippen molar-refractivity contribution in [3.63, 3.8) is 0 Å². The number of nitrogens with zero attached hydrogens (tertiary/aromatic N) is 2. The summed E-state index contributed by atoms with van der Waals surface area (Å²) in [7, 11) is 4.12. The zero-order valence-electron chi connectivity index (χ0n) is 11.4. The molecule has 0 amide bonds. The maximum absolute atomic E-state index is 4.52. The van der Waals surface area contributed by atoms with E-state index in [9.17, 15) is 0 Å². The Hall–Kier alpha value is -2.03. The van der Waals surface area contributed by atoms with E-state index in [2.05, 4.69) is 59.6 Å². The van der Waals surface area contributed by atoms with E-state index in [0.29, 0.717) is 6.04 Å². The summed E-state index contributed by atoms with van der Waals surface area (Å²) >= 11 is 0. The van der Waals surface area contributed by atoms with Crippen LogP contribution in [0.25, 0.3) is 0 Å². The molecule has 98 valence electrons. The number of hydrogen-bond donors (Lipinski definition) is 1. The standard InChI is InChI=1S/C16H19N3/c1-19(2)14-7-3-6-13(11-14)18-15-9-8-12-5-4-10-17-16(12)15/h3-7,10-11,15,18H,8-9H2,1-2H3. The number of aryl methyl sites for hydroxylation is 1. The Labute approximate surface area is 114 Å². The molecule has 1 aromatic heterocycles. The summed E-state index contributed by atoms with van der Waals surface area (Å²) in [5.74, 6) is 0. The minimum Gasteiger partial charge on any atom is -0.378 e. The smallest absolute Gasteiger partial charge is 0.0691 e. The SMILES string of the molecule is CN(C)c1cccc(NC2CCc3cccnc32)c1. The minimum absolute atomic E-state index is 0.341. The molecule has 0 saturated heterocycles. The average Bonchev–Trinajstić information content (AvgIpc) is 2.83. The molecule has 1 aliphatic rings.